The molecule has 1 aromatic carbocycles. The van der Waals surface area contributed by atoms with Gasteiger partial charge in [0.1, 0.15) is 5.82 Å². The van der Waals surface area contributed by atoms with E-state index in [-0.39, 0.29) is 5.91 Å². The molecule has 0 saturated carbocycles. The van der Waals surface area contributed by atoms with Crippen molar-refractivity contribution in [3.05, 3.63) is 40.0 Å². The number of nitrogens with one attached hydrogen (secondary N) is 1. The van der Waals surface area contributed by atoms with Crippen LogP contribution in [0.25, 0.3) is 0 Å². The predicted octanol–water partition coefficient (Wildman–Crippen LogP) is 3.50. The Morgan fingerprint density at radius 3 is 2.28 bits per heavy atom. The van der Waals surface area contributed by atoms with Crippen LogP contribution in [-0.2, 0) is 4.79 Å². The summed E-state index contributed by atoms with van der Waals surface area (Å²) in [7, 11) is 0. The molecule has 0 spiro atoms. The van der Waals surface area contributed by atoms with Crippen LogP contribution in [0.4, 0.5) is 17.5 Å². The van der Waals surface area contributed by atoms with Gasteiger partial charge in [0, 0.05) is 60.6 Å². The van der Waals surface area contributed by atoms with Gasteiger partial charge in [-0.3, -0.25) is 4.79 Å². The van der Waals surface area contributed by atoms with Gasteiger partial charge in [-0.1, -0.05) is 23.2 Å². The van der Waals surface area contributed by atoms with E-state index in [0.717, 1.165) is 11.4 Å². The van der Waals surface area contributed by atoms with E-state index in [1.165, 1.54) is 0 Å². The highest BCUT2D eigenvalue weighted by Crippen LogP contribution is 2.25. The van der Waals surface area contributed by atoms with Crippen molar-refractivity contribution in [3.63, 3.8) is 0 Å². The molecule has 2 heterocycles. The number of hydrogen-bond donors (Lipinski definition) is 1. The first-order valence-electron chi connectivity index (χ1n) is 8.00. The minimum absolute atomic E-state index is 0.102. The molecular formula is C17H19Cl2N5O. The molecule has 8 heteroatoms. The maximum Gasteiger partial charge on any atom is 0.227 e. The third-order valence-electron chi connectivity index (χ3n) is 3.99. The topological polar surface area (TPSA) is 61.4 Å². The molecular weight excluding hydrogens is 361 g/mol. The highest BCUT2D eigenvalue weighted by Gasteiger charge is 2.21. The number of piperazine rings is 1. The summed E-state index contributed by atoms with van der Waals surface area (Å²) in [5, 5.41) is 4.34. The Hall–Kier alpha value is -2.05. The first kappa shape index (κ1) is 17.8. The highest BCUT2D eigenvalue weighted by atomic mass is 35.5. The first-order chi connectivity index (χ1) is 11.9. The van der Waals surface area contributed by atoms with Crippen LogP contribution in [0.15, 0.2) is 24.3 Å². The predicted molar refractivity (Wildman–Crippen MR) is 101 cm³/mol. The van der Waals surface area contributed by atoms with E-state index in [4.69, 9.17) is 23.2 Å². The average Bonchev–Trinajstić information content (AvgIpc) is 2.53. The number of anilines is 3. The maximum absolute atomic E-state index is 11.5. The van der Waals surface area contributed by atoms with Crippen molar-refractivity contribution in [2.75, 3.05) is 36.4 Å². The number of amides is 1. The number of carbonyl (C=O) groups is 1. The molecule has 0 bridgehead atoms. The number of carbonyl (C=O) groups excluding carboxylic acids is 1. The fraction of sp³-hybridized carbons (Fsp3) is 0.353. The van der Waals surface area contributed by atoms with Gasteiger partial charge in [-0.15, -0.1) is 0 Å². The van der Waals surface area contributed by atoms with Crippen molar-refractivity contribution >= 4 is 46.6 Å². The molecule has 1 aliphatic heterocycles. The molecule has 1 amide bonds. The Morgan fingerprint density at radius 2 is 1.68 bits per heavy atom. The van der Waals surface area contributed by atoms with Gasteiger partial charge in [-0.05, 0) is 25.1 Å². The Balaban J connectivity index is 1.78. The Kier molecular flexibility index (Phi) is 5.30. The van der Waals surface area contributed by atoms with Crippen molar-refractivity contribution in [1.82, 2.24) is 14.9 Å². The number of aryl methyl sites for hydroxylation is 1. The van der Waals surface area contributed by atoms with Crippen molar-refractivity contribution in [1.29, 1.82) is 0 Å². The van der Waals surface area contributed by atoms with Gasteiger partial charge in [-0.25, -0.2) is 4.98 Å². The van der Waals surface area contributed by atoms with Crippen LogP contribution in [0.3, 0.4) is 0 Å². The van der Waals surface area contributed by atoms with Gasteiger partial charge in [0.2, 0.25) is 11.9 Å². The molecule has 0 radical (unpaired) electrons. The van der Waals surface area contributed by atoms with Crippen LogP contribution < -0.4 is 10.2 Å². The molecule has 1 aliphatic rings. The molecule has 1 fully saturated rings. The lowest BCUT2D eigenvalue weighted by Gasteiger charge is -2.34. The summed E-state index contributed by atoms with van der Waals surface area (Å²) in [6, 6.07) is 7.12. The van der Waals surface area contributed by atoms with Gasteiger partial charge in [-0.2, -0.15) is 4.98 Å². The summed E-state index contributed by atoms with van der Waals surface area (Å²) in [5.74, 6) is 1.43. The number of nitrogens with zero attached hydrogens (tertiary/aromatic N) is 4. The normalized spacial score (nSPS) is 14.6. The lowest BCUT2D eigenvalue weighted by molar-refractivity contribution is -0.129. The van der Waals surface area contributed by atoms with Gasteiger partial charge >= 0.3 is 0 Å². The first-order valence-corrected chi connectivity index (χ1v) is 8.75. The third-order valence-corrected chi connectivity index (χ3v) is 4.42. The second kappa shape index (κ2) is 7.45. The zero-order valence-corrected chi connectivity index (χ0v) is 15.6. The highest BCUT2D eigenvalue weighted by molar-refractivity contribution is 6.35. The van der Waals surface area contributed by atoms with E-state index in [1.54, 1.807) is 25.1 Å². The molecule has 25 heavy (non-hydrogen) atoms. The average molecular weight is 380 g/mol. The summed E-state index contributed by atoms with van der Waals surface area (Å²) in [5.41, 5.74) is 1.62. The van der Waals surface area contributed by atoms with Crippen molar-refractivity contribution in [2.45, 2.75) is 13.8 Å². The van der Waals surface area contributed by atoms with Crippen LogP contribution in [0, 0.1) is 6.92 Å². The van der Waals surface area contributed by atoms with E-state index < -0.39 is 0 Å². The summed E-state index contributed by atoms with van der Waals surface area (Å²) < 4.78 is 0. The smallest absolute Gasteiger partial charge is 0.227 e. The summed E-state index contributed by atoms with van der Waals surface area (Å²) in [4.78, 5) is 24.5. The standard InChI is InChI=1S/C17H19Cl2N5O/c1-11-7-16(21-15-9-13(18)8-14(19)10-15)22-17(20-11)24-5-3-23(4-6-24)12(2)25/h7-10H,3-6H2,1-2H3,(H,20,21,22). The second-order valence-electron chi connectivity index (χ2n) is 5.97. The maximum atomic E-state index is 11.5. The van der Waals surface area contributed by atoms with Crippen LogP contribution in [-0.4, -0.2) is 47.0 Å². The Labute approximate surface area is 156 Å². The Bertz CT molecular complexity index is 770. The third kappa shape index (κ3) is 4.52. The number of rotatable bonds is 3. The van der Waals surface area contributed by atoms with E-state index in [1.807, 2.05) is 17.9 Å². The van der Waals surface area contributed by atoms with E-state index in [9.17, 15) is 4.79 Å². The van der Waals surface area contributed by atoms with Crippen molar-refractivity contribution in [3.8, 4) is 0 Å². The monoisotopic (exact) mass is 379 g/mol. The molecule has 0 unspecified atom stereocenters. The molecule has 1 aromatic heterocycles. The van der Waals surface area contributed by atoms with Crippen molar-refractivity contribution < 1.29 is 4.79 Å². The minimum atomic E-state index is 0.102. The summed E-state index contributed by atoms with van der Waals surface area (Å²) >= 11 is 12.1. The van der Waals surface area contributed by atoms with Crippen LogP contribution >= 0.6 is 23.2 Å². The SMILES string of the molecule is CC(=O)N1CCN(c2nc(C)cc(Nc3cc(Cl)cc(Cl)c3)n2)CC1. The van der Waals surface area contributed by atoms with E-state index >= 15 is 0 Å². The molecule has 2 aromatic rings. The molecule has 1 saturated heterocycles. The van der Waals surface area contributed by atoms with E-state index in [0.29, 0.717) is 48.0 Å². The van der Waals surface area contributed by atoms with Gasteiger partial charge in [0.15, 0.2) is 0 Å². The van der Waals surface area contributed by atoms with Gasteiger partial charge in [0.25, 0.3) is 0 Å². The van der Waals surface area contributed by atoms with Crippen LogP contribution in [0.2, 0.25) is 10.0 Å². The van der Waals surface area contributed by atoms with Gasteiger partial charge in [0.05, 0.1) is 0 Å². The largest absolute Gasteiger partial charge is 0.340 e. The molecule has 0 atom stereocenters. The number of hydrogen-bond acceptors (Lipinski definition) is 5. The summed E-state index contributed by atoms with van der Waals surface area (Å²) in [6.07, 6.45) is 0. The minimum Gasteiger partial charge on any atom is -0.340 e. The molecule has 0 aliphatic carbocycles. The second-order valence-corrected chi connectivity index (χ2v) is 6.84. The number of halogens is 2. The fourth-order valence-electron chi connectivity index (χ4n) is 2.75. The lowest BCUT2D eigenvalue weighted by atomic mass is 10.3. The zero-order valence-electron chi connectivity index (χ0n) is 14.1. The number of benzene rings is 1. The van der Waals surface area contributed by atoms with Crippen LogP contribution in [0.1, 0.15) is 12.6 Å². The lowest BCUT2D eigenvalue weighted by Crippen LogP contribution is -2.48. The number of aromatic nitrogens is 2. The molecule has 3 rings (SSSR count). The van der Waals surface area contributed by atoms with Crippen molar-refractivity contribution in [2.24, 2.45) is 0 Å². The summed E-state index contributed by atoms with van der Waals surface area (Å²) in [6.45, 7) is 6.31. The molecule has 132 valence electrons. The fourth-order valence-corrected chi connectivity index (χ4v) is 3.28. The van der Waals surface area contributed by atoms with Gasteiger partial charge < -0.3 is 15.1 Å². The quantitative estimate of drug-likeness (QED) is 0.883. The van der Waals surface area contributed by atoms with E-state index in [2.05, 4.69) is 20.2 Å². The molecule has 1 N–H and O–H groups in total. The molecule has 6 nitrogen and oxygen atoms in total. The Morgan fingerprint density at radius 1 is 1.04 bits per heavy atom. The van der Waals surface area contributed by atoms with Crippen LogP contribution in [0.5, 0.6) is 0 Å². The zero-order chi connectivity index (χ0) is 18.0.